The maximum Gasteiger partial charge on any atom is 0.433 e. The molecule has 0 bridgehead atoms. The van der Waals surface area contributed by atoms with Gasteiger partial charge in [-0.15, -0.1) is 0 Å². The second-order valence-corrected chi connectivity index (χ2v) is 6.89. The summed E-state index contributed by atoms with van der Waals surface area (Å²) in [6.45, 7) is 3.68. The van der Waals surface area contributed by atoms with Crippen molar-refractivity contribution in [2.45, 2.75) is 39.2 Å². The number of aromatic amines is 1. The summed E-state index contributed by atoms with van der Waals surface area (Å²) in [6, 6.07) is 8.99. The zero-order valence-corrected chi connectivity index (χ0v) is 16.5. The first-order chi connectivity index (χ1) is 14.2. The molecule has 0 aliphatic carbocycles. The molecule has 2 N–H and O–H groups in total. The number of nitrogens with zero attached hydrogens (tertiary/aromatic N) is 4. The highest BCUT2D eigenvalue weighted by Gasteiger charge is 2.37. The number of aliphatic hydroxyl groups excluding tert-OH is 1. The first-order valence-corrected chi connectivity index (χ1v) is 9.36. The molecule has 0 aliphatic rings. The molecule has 1 aromatic carbocycles. The monoisotopic (exact) mass is 421 g/mol. The molecular weight excluding hydrogens is 399 g/mol. The summed E-state index contributed by atoms with van der Waals surface area (Å²) in [5.74, 6) is -0.704. The Morgan fingerprint density at radius 1 is 1.30 bits per heavy atom. The van der Waals surface area contributed by atoms with Crippen LogP contribution in [0.25, 0.3) is 0 Å². The Labute approximate surface area is 171 Å². The largest absolute Gasteiger partial charge is 0.433 e. The minimum atomic E-state index is -4.64. The summed E-state index contributed by atoms with van der Waals surface area (Å²) in [7, 11) is 0. The van der Waals surface area contributed by atoms with Crippen molar-refractivity contribution in [1.29, 1.82) is 0 Å². The van der Waals surface area contributed by atoms with Crippen molar-refractivity contribution in [1.82, 2.24) is 24.9 Å². The lowest BCUT2D eigenvalue weighted by Crippen LogP contribution is -2.35. The molecule has 0 radical (unpaired) electrons. The van der Waals surface area contributed by atoms with E-state index in [2.05, 4.69) is 10.2 Å². The van der Waals surface area contributed by atoms with E-state index in [1.807, 2.05) is 18.1 Å². The summed E-state index contributed by atoms with van der Waals surface area (Å²) in [6.07, 6.45) is -2.54. The number of hydrogen-bond donors (Lipinski definition) is 2. The number of alkyl halides is 3. The van der Waals surface area contributed by atoms with E-state index < -0.39 is 23.9 Å². The van der Waals surface area contributed by atoms with Crippen molar-refractivity contribution in [3.63, 3.8) is 0 Å². The van der Waals surface area contributed by atoms with Crippen LogP contribution in [-0.4, -0.2) is 42.4 Å². The molecule has 0 aliphatic heterocycles. The van der Waals surface area contributed by atoms with Crippen molar-refractivity contribution < 1.29 is 23.1 Å². The Morgan fingerprint density at radius 2 is 2.00 bits per heavy atom. The zero-order valence-electron chi connectivity index (χ0n) is 16.5. The Kier molecular flexibility index (Phi) is 6.25. The first-order valence-electron chi connectivity index (χ1n) is 9.36. The van der Waals surface area contributed by atoms with Crippen LogP contribution < -0.4 is 0 Å². The van der Waals surface area contributed by atoms with Crippen LogP contribution in [0.1, 0.15) is 45.9 Å². The summed E-state index contributed by atoms with van der Waals surface area (Å²) < 4.78 is 40.9. The van der Waals surface area contributed by atoms with Gasteiger partial charge in [-0.1, -0.05) is 30.3 Å². The highest BCUT2D eigenvalue weighted by molar-refractivity contribution is 5.94. The standard InChI is InChI=1S/C20H22F3N5O2/c1-3-28-11-15(9-24-28)16(29)12-27(10-14-7-5-4-6-8-14)19(30)17-13(2)18(26-25-17)20(21,22)23/h4-9,11,16,29H,3,10,12H2,1-2H3,(H,25,26). The van der Waals surface area contributed by atoms with Gasteiger partial charge < -0.3 is 10.0 Å². The van der Waals surface area contributed by atoms with Gasteiger partial charge in [-0.3, -0.25) is 14.6 Å². The second-order valence-electron chi connectivity index (χ2n) is 6.89. The zero-order chi connectivity index (χ0) is 21.9. The van der Waals surface area contributed by atoms with Crippen molar-refractivity contribution in [3.8, 4) is 0 Å². The van der Waals surface area contributed by atoms with E-state index in [0.29, 0.717) is 12.1 Å². The molecule has 2 heterocycles. The number of aromatic nitrogens is 4. The van der Waals surface area contributed by atoms with Crippen molar-refractivity contribution in [3.05, 3.63) is 70.8 Å². The van der Waals surface area contributed by atoms with Crippen LogP contribution in [0, 0.1) is 6.92 Å². The van der Waals surface area contributed by atoms with E-state index >= 15 is 0 Å². The molecule has 0 spiro atoms. The predicted molar refractivity (Wildman–Crippen MR) is 102 cm³/mol. The maximum absolute atomic E-state index is 13.1. The van der Waals surface area contributed by atoms with Gasteiger partial charge in [0.25, 0.3) is 5.91 Å². The highest BCUT2D eigenvalue weighted by atomic mass is 19.4. The number of halogens is 3. The van der Waals surface area contributed by atoms with E-state index in [4.69, 9.17) is 0 Å². The molecule has 3 rings (SSSR count). The molecule has 10 heteroatoms. The first kappa shape index (κ1) is 21.6. The molecule has 0 fully saturated rings. The summed E-state index contributed by atoms with van der Waals surface area (Å²) in [5.41, 5.74) is -0.382. The van der Waals surface area contributed by atoms with Crippen LogP contribution in [-0.2, 0) is 19.3 Å². The number of carbonyl (C=O) groups excluding carboxylic acids is 1. The van der Waals surface area contributed by atoms with Gasteiger partial charge in [-0.25, -0.2) is 0 Å². The fourth-order valence-electron chi connectivity index (χ4n) is 3.09. The third-order valence-electron chi connectivity index (χ3n) is 4.75. The molecular formula is C20H22F3N5O2. The molecule has 1 unspecified atom stereocenters. The lowest BCUT2D eigenvalue weighted by atomic mass is 10.1. The average molecular weight is 421 g/mol. The van der Waals surface area contributed by atoms with Gasteiger partial charge in [0.15, 0.2) is 5.69 Å². The van der Waals surface area contributed by atoms with Crippen LogP contribution in [0.3, 0.4) is 0 Å². The number of rotatable bonds is 7. The lowest BCUT2D eigenvalue weighted by Gasteiger charge is -2.25. The van der Waals surface area contributed by atoms with Crippen LogP contribution >= 0.6 is 0 Å². The van der Waals surface area contributed by atoms with Crippen molar-refractivity contribution in [2.75, 3.05) is 6.54 Å². The second kappa shape index (κ2) is 8.70. The van der Waals surface area contributed by atoms with Gasteiger partial charge >= 0.3 is 6.18 Å². The maximum atomic E-state index is 13.1. The van der Waals surface area contributed by atoms with Gasteiger partial charge in [-0.05, 0) is 19.4 Å². The third-order valence-corrected chi connectivity index (χ3v) is 4.75. The Bertz CT molecular complexity index is 998. The van der Waals surface area contributed by atoms with Gasteiger partial charge in [0.05, 0.1) is 18.8 Å². The number of amides is 1. The van der Waals surface area contributed by atoms with Crippen molar-refractivity contribution >= 4 is 5.91 Å². The summed E-state index contributed by atoms with van der Waals surface area (Å²) in [5, 5.41) is 20.2. The molecule has 7 nitrogen and oxygen atoms in total. The summed E-state index contributed by atoms with van der Waals surface area (Å²) >= 11 is 0. The highest BCUT2D eigenvalue weighted by Crippen LogP contribution is 2.31. The molecule has 1 amide bonds. The lowest BCUT2D eigenvalue weighted by molar-refractivity contribution is -0.141. The van der Waals surface area contributed by atoms with E-state index in [1.54, 1.807) is 35.1 Å². The minimum Gasteiger partial charge on any atom is -0.386 e. The number of carbonyl (C=O) groups is 1. The fourth-order valence-corrected chi connectivity index (χ4v) is 3.09. The SMILES string of the molecule is CCn1cc(C(O)CN(Cc2ccccc2)C(=O)c2n[nH]c(C(F)(F)F)c2C)cn1. The Balaban J connectivity index is 1.89. The van der Waals surface area contributed by atoms with Gasteiger partial charge in [0.1, 0.15) is 5.69 Å². The molecule has 0 saturated heterocycles. The van der Waals surface area contributed by atoms with E-state index in [0.717, 1.165) is 5.56 Å². The fraction of sp³-hybridized carbons (Fsp3) is 0.350. The topological polar surface area (TPSA) is 87.0 Å². The molecule has 3 aromatic rings. The van der Waals surface area contributed by atoms with E-state index in [9.17, 15) is 23.1 Å². The number of aliphatic hydroxyl groups is 1. The molecule has 30 heavy (non-hydrogen) atoms. The van der Waals surface area contributed by atoms with Crippen LogP contribution in [0.4, 0.5) is 13.2 Å². The molecule has 2 aromatic heterocycles. The number of aryl methyl sites for hydroxylation is 1. The van der Waals surface area contributed by atoms with Gasteiger partial charge in [0, 0.05) is 30.4 Å². The predicted octanol–water partition coefficient (Wildman–Crippen LogP) is 3.33. The molecule has 160 valence electrons. The molecule has 0 saturated carbocycles. The average Bonchev–Trinajstić information content (AvgIpc) is 3.34. The third kappa shape index (κ3) is 4.70. The van der Waals surface area contributed by atoms with Crippen LogP contribution in [0.5, 0.6) is 0 Å². The normalized spacial score (nSPS) is 12.7. The minimum absolute atomic E-state index is 0.103. The van der Waals surface area contributed by atoms with Crippen molar-refractivity contribution in [2.24, 2.45) is 0 Å². The number of benzene rings is 1. The number of H-pyrrole nitrogens is 1. The number of nitrogens with one attached hydrogen (secondary N) is 1. The van der Waals surface area contributed by atoms with E-state index in [-0.39, 0.29) is 24.3 Å². The smallest absolute Gasteiger partial charge is 0.386 e. The Morgan fingerprint density at radius 3 is 2.57 bits per heavy atom. The Hall–Kier alpha value is -3.14. The summed E-state index contributed by atoms with van der Waals surface area (Å²) in [4.78, 5) is 14.4. The van der Waals surface area contributed by atoms with Gasteiger partial charge in [-0.2, -0.15) is 23.4 Å². The van der Waals surface area contributed by atoms with Crippen LogP contribution in [0.15, 0.2) is 42.7 Å². The van der Waals surface area contributed by atoms with Crippen LogP contribution in [0.2, 0.25) is 0 Å². The molecule has 1 atom stereocenters. The number of hydrogen-bond acceptors (Lipinski definition) is 4. The van der Waals surface area contributed by atoms with E-state index in [1.165, 1.54) is 18.0 Å². The van der Waals surface area contributed by atoms with Gasteiger partial charge in [0.2, 0.25) is 0 Å². The quantitative estimate of drug-likeness (QED) is 0.613.